The van der Waals surface area contributed by atoms with Gasteiger partial charge in [0.2, 0.25) is 11.8 Å². The summed E-state index contributed by atoms with van der Waals surface area (Å²) in [5, 5.41) is 2.91. The first-order valence-electron chi connectivity index (χ1n) is 12.0. The molecule has 7 heteroatoms. The Morgan fingerprint density at radius 3 is 2.18 bits per heavy atom. The molecule has 0 radical (unpaired) electrons. The summed E-state index contributed by atoms with van der Waals surface area (Å²) in [5.74, 6) is -0.977. The maximum Gasteiger partial charge on any atom is 0.261 e. The molecule has 1 atom stereocenters. The van der Waals surface area contributed by atoms with Crippen molar-refractivity contribution in [3.8, 4) is 0 Å². The topological polar surface area (TPSA) is 86.8 Å². The van der Waals surface area contributed by atoms with Crippen LogP contribution in [0.3, 0.4) is 0 Å². The van der Waals surface area contributed by atoms with Crippen molar-refractivity contribution < 1.29 is 19.2 Å². The molecule has 1 heterocycles. The van der Waals surface area contributed by atoms with Crippen LogP contribution in [0, 0.1) is 6.92 Å². The van der Waals surface area contributed by atoms with Crippen LogP contribution in [0.1, 0.15) is 71.4 Å². The van der Waals surface area contributed by atoms with E-state index in [0.717, 1.165) is 17.5 Å². The predicted octanol–water partition coefficient (Wildman–Crippen LogP) is 3.70. The van der Waals surface area contributed by atoms with Crippen LogP contribution in [0.4, 0.5) is 0 Å². The highest BCUT2D eigenvalue weighted by Crippen LogP contribution is 2.23. The maximum absolute atomic E-state index is 13.4. The van der Waals surface area contributed by atoms with Crippen LogP contribution in [0.2, 0.25) is 0 Å². The summed E-state index contributed by atoms with van der Waals surface area (Å²) in [4.78, 5) is 54.2. The molecule has 0 unspecified atom stereocenters. The Hall–Kier alpha value is -3.48. The van der Waals surface area contributed by atoms with Gasteiger partial charge in [0.05, 0.1) is 11.1 Å². The highest BCUT2D eigenvalue weighted by Gasteiger charge is 2.35. The van der Waals surface area contributed by atoms with Crippen molar-refractivity contribution in [3.05, 3.63) is 70.8 Å². The number of benzene rings is 2. The van der Waals surface area contributed by atoms with Crippen LogP contribution in [0.5, 0.6) is 0 Å². The molecule has 0 fully saturated rings. The Kier molecular flexibility index (Phi) is 8.57. The lowest BCUT2D eigenvalue weighted by Gasteiger charge is -2.31. The number of carbonyl (C=O) groups excluding carboxylic acids is 4. The van der Waals surface area contributed by atoms with Gasteiger partial charge in [-0.1, -0.05) is 50.2 Å². The van der Waals surface area contributed by atoms with E-state index in [4.69, 9.17) is 0 Å². The minimum atomic E-state index is -0.585. The van der Waals surface area contributed by atoms with Crippen LogP contribution in [0.25, 0.3) is 0 Å². The quantitative estimate of drug-likeness (QED) is 0.515. The third-order valence-electron chi connectivity index (χ3n) is 6.19. The molecule has 7 nitrogen and oxygen atoms in total. The highest BCUT2D eigenvalue weighted by molar-refractivity contribution is 6.21. The van der Waals surface area contributed by atoms with Crippen LogP contribution in [0.15, 0.2) is 48.5 Å². The Morgan fingerprint density at radius 2 is 1.59 bits per heavy atom. The monoisotopic (exact) mass is 463 g/mol. The second-order valence-electron chi connectivity index (χ2n) is 8.57. The van der Waals surface area contributed by atoms with E-state index in [-0.39, 0.29) is 36.6 Å². The molecule has 34 heavy (non-hydrogen) atoms. The molecule has 0 aliphatic carbocycles. The van der Waals surface area contributed by atoms with Crippen molar-refractivity contribution >= 4 is 23.6 Å². The maximum atomic E-state index is 13.4. The molecular formula is C27H33N3O4. The van der Waals surface area contributed by atoms with Gasteiger partial charge in [-0.15, -0.1) is 0 Å². The van der Waals surface area contributed by atoms with E-state index in [1.54, 1.807) is 29.2 Å². The molecule has 0 saturated carbocycles. The van der Waals surface area contributed by atoms with Crippen molar-refractivity contribution in [3.63, 3.8) is 0 Å². The van der Waals surface area contributed by atoms with Gasteiger partial charge in [-0.2, -0.15) is 0 Å². The first-order valence-corrected chi connectivity index (χ1v) is 12.0. The zero-order chi connectivity index (χ0) is 24.7. The lowest BCUT2D eigenvalue weighted by molar-refractivity contribution is -0.141. The number of amides is 4. The number of nitrogens with one attached hydrogen (secondary N) is 1. The number of aryl methyl sites for hydroxylation is 1. The Bertz CT molecular complexity index is 1030. The molecule has 0 bridgehead atoms. The SMILES string of the molecule is CCCNC(=O)[C@H](CC)N(Cc1ccccc1C)C(=O)CCCN1C(=O)c2ccccc2C1=O. The Balaban J connectivity index is 1.71. The second kappa shape index (κ2) is 11.6. The fourth-order valence-corrected chi connectivity index (χ4v) is 4.23. The zero-order valence-electron chi connectivity index (χ0n) is 20.2. The number of carbonyl (C=O) groups is 4. The lowest BCUT2D eigenvalue weighted by Crippen LogP contribution is -2.49. The van der Waals surface area contributed by atoms with Crippen LogP contribution in [-0.2, 0) is 16.1 Å². The van der Waals surface area contributed by atoms with Gasteiger partial charge in [-0.25, -0.2) is 0 Å². The zero-order valence-corrected chi connectivity index (χ0v) is 20.2. The number of hydrogen-bond acceptors (Lipinski definition) is 4. The summed E-state index contributed by atoms with van der Waals surface area (Å²) in [6, 6.07) is 14.0. The number of fused-ring (bicyclic) bond motifs is 1. The molecular weight excluding hydrogens is 430 g/mol. The van der Waals surface area contributed by atoms with E-state index in [0.29, 0.717) is 37.1 Å². The molecule has 0 spiro atoms. The molecule has 2 aromatic rings. The van der Waals surface area contributed by atoms with E-state index < -0.39 is 6.04 Å². The van der Waals surface area contributed by atoms with Gasteiger partial charge in [0.15, 0.2) is 0 Å². The molecule has 180 valence electrons. The van der Waals surface area contributed by atoms with Crippen molar-refractivity contribution in [1.82, 2.24) is 15.1 Å². The van der Waals surface area contributed by atoms with Gasteiger partial charge in [0, 0.05) is 26.1 Å². The molecule has 3 rings (SSSR count). The average Bonchev–Trinajstić information content (AvgIpc) is 3.08. The largest absolute Gasteiger partial charge is 0.354 e. The summed E-state index contributed by atoms with van der Waals surface area (Å²) >= 11 is 0. The Labute approximate surface area is 201 Å². The van der Waals surface area contributed by atoms with Gasteiger partial charge in [0.25, 0.3) is 11.8 Å². The third-order valence-corrected chi connectivity index (χ3v) is 6.19. The minimum absolute atomic E-state index is 0.136. The first kappa shape index (κ1) is 25.1. The van der Waals surface area contributed by atoms with Crippen molar-refractivity contribution in [1.29, 1.82) is 0 Å². The fourth-order valence-electron chi connectivity index (χ4n) is 4.23. The third kappa shape index (κ3) is 5.53. The summed E-state index contributed by atoms with van der Waals surface area (Å²) in [6.07, 6.45) is 1.78. The van der Waals surface area contributed by atoms with E-state index in [1.165, 1.54) is 4.90 Å². The first-order chi connectivity index (χ1) is 16.4. The molecule has 4 amide bonds. The van der Waals surface area contributed by atoms with Gasteiger partial charge in [-0.05, 0) is 49.4 Å². The van der Waals surface area contributed by atoms with E-state index in [2.05, 4.69) is 5.32 Å². The predicted molar refractivity (Wildman–Crippen MR) is 130 cm³/mol. The van der Waals surface area contributed by atoms with Crippen LogP contribution >= 0.6 is 0 Å². The molecule has 1 N–H and O–H groups in total. The molecule has 0 aromatic heterocycles. The molecule has 0 saturated heterocycles. The molecule has 1 aliphatic heterocycles. The number of hydrogen-bond donors (Lipinski definition) is 1. The Morgan fingerprint density at radius 1 is 0.971 bits per heavy atom. The van der Waals surface area contributed by atoms with Crippen molar-refractivity contribution in [2.45, 2.75) is 59.0 Å². The van der Waals surface area contributed by atoms with Gasteiger partial charge >= 0.3 is 0 Å². The highest BCUT2D eigenvalue weighted by atomic mass is 16.2. The van der Waals surface area contributed by atoms with E-state index >= 15 is 0 Å². The average molecular weight is 464 g/mol. The molecule has 2 aromatic carbocycles. The normalized spacial score (nSPS) is 13.6. The van der Waals surface area contributed by atoms with Crippen LogP contribution in [-0.4, -0.2) is 52.6 Å². The van der Waals surface area contributed by atoms with Gasteiger partial charge in [-0.3, -0.25) is 24.1 Å². The summed E-state index contributed by atoms with van der Waals surface area (Å²) in [5.41, 5.74) is 2.84. The van der Waals surface area contributed by atoms with Gasteiger partial charge in [0.1, 0.15) is 6.04 Å². The van der Waals surface area contributed by atoms with Crippen molar-refractivity contribution in [2.24, 2.45) is 0 Å². The number of imide groups is 1. The van der Waals surface area contributed by atoms with Gasteiger partial charge < -0.3 is 10.2 Å². The van der Waals surface area contributed by atoms with E-state index in [1.807, 2.05) is 45.0 Å². The smallest absolute Gasteiger partial charge is 0.261 e. The minimum Gasteiger partial charge on any atom is -0.354 e. The van der Waals surface area contributed by atoms with Crippen LogP contribution < -0.4 is 5.32 Å². The summed E-state index contributed by atoms with van der Waals surface area (Å²) in [7, 11) is 0. The van der Waals surface area contributed by atoms with Crippen molar-refractivity contribution in [2.75, 3.05) is 13.1 Å². The summed E-state index contributed by atoms with van der Waals surface area (Å²) in [6.45, 7) is 6.91. The van der Waals surface area contributed by atoms with E-state index in [9.17, 15) is 19.2 Å². The number of nitrogens with zero attached hydrogens (tertiary/aromatic N) is 2. The standard InChI is InChI=1S/C27H33N3O4/c1-4-16-28-25(32)23(5-2)30(18-20-12-7-6-11-19(20)3)24(31)15-10-17-29-26(33)21-13-8-9-14-22(21)27(29)34/h6-9,11-14,23H,4-5,10,15-18H2,1-3H3,(H,28,32)/t23-/m0/s1. The summed E-state index contributed by atoms with van der Waals surface area (Å²) < 4.78 is 0. The number of rotatable bonds is 11. The fraction of sp³-hybridized carbons (Fsp3) is 0.407. The lowest BCUT2D eigenvalue weighted by atomic mass is 10.1. The second-order valence-corrected chi connectivity index (χ2v) is 8.57. The molecule has 1 aliphatic rings.